The van der Waals surface area contributed by atoms with Gasteiger partial charge in [0, 0.05) is 19.6 Å². The second-order valence-electron chi connectivity index (χ2n) is 7.28. The van der Waals surface area contributed by atoms with E-state index in [1.165, 1.54) is 22.5 Å². The molecule has 2 aromatic rings. The highest BCUT2D eigenvalue weighted by Gasteiger charge is 2.31. The average Bonchev–Trinajstić information content (AvgIpc) is 3.18. The van der Waals surface area contributed by atoms with E-state index in [2.05, 4.69) is 0 Å². The topological polar surface area (TPSA) is 66.9 Å². The number of amides is 1. The number of halogens is 1. The van der Waals surface area contributed by atoms with Crippen LogP contribution in [0.15, 0.2) is 47.4 Å². The molecule has 0 aromatic heterocycles. The number of hydrogen-bond acceptors (Lipinski definition) is 4. The van der Waals surface area contributed by atoms with Crippen molar-refractivity contribution in [3.05, 3.63) is 53.1 Å². The van der Waals surface area contributed by atoms with Crippen LogP contribution < -0.4 is 9.04 Å². The molecule has 154 valence electrons. The molecule has 0 spiro atoms. The number of nitrogens with zero attached hydrogens (tertiary/aromatic N) is 2. The summed E-state index contributed by atoms with van der Waals surface area (Å²) in [7, 11) is -3.72. The number of rotatable bonds is 5. The molecule has 1 amide bonds. The standard InChI is InChI=1S/C21H23ClN2O4S/c22-18-14-17(29(26,27)24-13-10-16-6-2-3-7-19(16)24)8-9-20(18)28-15-21(25)23-11-4-1-5-12-23/h2-3,6-9,14H,1,4-5,10-13,15H2. The van der Waals surface area contributed by atoms with Gasteiger partial charge in [0.05, 0.1) is 15.6 Å². The van der Waals surface area contributed by atoms with Crippen molar-refractivity contribution >= 4 is 33.2 Å². The van der Waals surface area contributed by atoms with Gasteiger partial charge in [-0.3, -0.25) is 9.10 Å². The van der Waals surface area contributed by atoms with Crippen LogP contribution in [0.5, 0.6) is 5.75 Å². The Morgan fingerprint density at radius 1 is 1.03 bits per heavy atom. The van der Waals surface area contributed by atoms with Crippen molar-refractivity contribution in [2.75, 3.05) is 30.5 Å². The van der Waals surface area contributed by atoms with Gasteiger partial charge in [-0.05, 0) is 55.5 Å². The summed E-state index contributed by atoms with van der Waals surface area (Å²) in [6, 6.07) is 11.9. The Hall–Kier alpha value is -2.25. The van der Waals surface area contributed by atoms with Crippen LogP contribution in [0.4, 0.5) is 5.69 Å². The van der Waals surface area contributed by atoms with E-state index in [1.54, 1.807) is 4.90 Å². The number of carbonyl (C=O) groups excluding carboxylic acids is 1. The highest BCUT2D eigenvalue weighted by molar-refractivity contribution is 7.92. The van der Waals surface area contributed by atoms with Gasteiger partial charge in [0.1, 0.15) is 5.75 Å². The number of carbonyl (C=O) groups is 1. The molecule has 2 heterocycles. The maximum atomic E-state index is 13.1. The first-order valence-corrected chi connectivity index (χ1v) is 11.6. The van der Waals surface area contributed by atoms with E-state index in [0.29, 0.717) is 24.4 Å². The van der Waals surface area contributed by atoms with Crippen LogP contribution in [0.2, 0.25) is 5.02 Å². The Balaban J connectivity index is 1.48. The molecule has 29 heavy (non-hydrogen) atoms. The normalized spacial score (nSPS) is 16.6. The van der Waals surface area contributed by atoms with Crippen LogP contribution in [0.1, 0.15) is 24.8 Å². The lowest BCUT2D eigenvalue weighted by molar-refractivity contribution is -0.134. The first kappa shape index (κ1) is 20.0. The predicted octanol–water partition coefficient (Wildman–Crippen LogP) is 3.48. The lowest BCUT2D eigenvalue weighted by Gasteiger charge is -2.26. The van der Waals surface area contributed by atoms with Gasteiger partial charge in [0.2, 0.25) is 0 Å². The molecule has 8 heteroatoms. The third-order valence-electron chi connectivity index (χ3n) is 5.40. The molecule has 2 aliphatic rings. The molecule has 2 aliphatic heterocycles. The Morgan fingerprint density at radius 3 is 2.55 bits per heavy atom. The fourth-order valence-corrected chi connectivity index (χ4v) is 5.65. The molecule has 0 atom stereocenters. The van der Waals surface area contributed by atoms with Gasteiger partial charge in [0.15, 0.2) is 6.61 Å². The molecule has 0 saturated carbocycles. The van der Waals surface area contributed by atoms with Crippen LogP contribution in [0.3, 0.4) is 0 Å². The Labute approximate surface area is 176 Å². The summed E-state index contributed by atoms with van der Waals surface area (Å²) in [5.41, 5.74) is 1.72. The Morgan fingerprint density at radius 2 is 1.79 bits per heavy atom. The number of hydrogen-bond donors (Lipinski definition) is 0. The molecule has 0 radical (unpaired) electrons. The highest BCUT2D eigenvalue weighted by atomic mass is 35.5. The fourth-order valence-electron chi connectivity index (χ4n) is 3.82. The fraction of sp³-hybridized carbons (Fsp3) is 0.381. The van der Waals surface area contributed by atoms with E-state index in [-0.39, 0.29) is 22.4 Å². The zero-order chi connectivity index (χ0) is 20.4. The second kappa shape index (κ2) is 8.24. The first-order chi connectivity index (χ1) is 14.0. The maximum absolute atomic E-state index is 13.1. The lowest BCUT2D eigenvalue weighted by Crippen LogP contribution is -2.38. The van der Waals surface area contributed by atoms with E-state index in [9.17, 15) is 13.2 Å². The maximum Gasteiger partial charge on any atom is 0.264 e. The van der Waals surface area contributed by atoms with E-state index in [0.717, 1.165) is 37.9 Å². The van der Waals surface area contributed by atoms with Crippen LogP contribution in [0, 0.1) is 0 Å². The molecule has 0 N–H and O–H groups in total. The third-order valence-corrected chi connectivity index (χ3v) is 7.50. The number of piperidine rings is 1. The van der Waals surface area contributed by atoms with Crippen molar-refractivity contribution in [1.29, 1.82) is 0 Å². The van der Waals surface area contributed by atoms with Crippen LogP contribution in [0.25, 0.3) is 0 Å². The number of fused-ring (bicyclic) bond motifs is 1. The number of sulfonamides is 1. The van der Waals surface area contributed by atoms with Crippen molar-refractivity contribution in [2.45, 2.75) is 30.6 Å². The molecule has 1 saturated heterocycles. The van der Waals surface area contributed by atoms with Crippen molar-refractivity contribution in [2.24, 2.45) is 0 Å². The molecule has 0 aliphatic carbocycles. The SMILES string of the molecule is O=C(COc1ccc(S(=O)(=O)N2CCc3ccccc32)cc1Cl)N1CCCCC1. The number of para-hydroxylation sites is 1. The summed E-state index contributed by atoms with van der Waals surface area (Å²) in [5.74, 6) is 0.226. The van der Waals surface area contributed by atoms with Gasteiger partial charge in [-0.25, -0.2) is 8.42 Å². The number of likely N-dealkylation sites (tertiary alicyclic amines) is 1. The molecular formula is C21H23ClN2O4S. The molecule has 4 rings (SSSR count). The van der Waals surface area contributed by atoms with Crippen molar-refractivity contribution < 1.29 is 17.9 Å². The molecule has 1 fully saturated rings. The zero-order valence-corrected chi connectivity index (χ0v) is 17.6. The van der Waals surface area contributed by atoms with Crippen LogP contribution >= 0.6 is 11.6 Å². The minimum Gasteiger partial charge on any atom is -0.482 e. The Bertz CT molecular complexity index is 1020. The van der Waals surface area contributed by atoms with Crippen LogP contribution in [-0.4, -0.2) is 45.5 Å². The highest BCUT2D eigenvalue weighted by Crippen LogP contribution is 2.35. The minimum absolute atomic E-state index is 0.0776. The van der Waals surface area contributed by atoms with E-state index in [1.807, 2.05) is 24.3 Å². The first-order valence-electron chi connectivity index (χ1n) is 9.77. The molecule has 0 bridgehead atoms. The Kier molecular flexibility index (Phi) is 5.69. The average molecular weight is 435 g/mol. The van der Waals surface area contributed by atoms with Crippen molar-refractivity contribution in [3.8, 4) is 5.75 Å². The number of ether oxygens (including phenoxy) is 1. The lowest BCUT2D eigenvalue weighted by atomic mass is 10.1. The predicted molar refractivity (Wildman–Crippen MR) is 112 cm³/mol. The molecular weight excluding hydrogens is 412 g/mol. The molecule has 6 nitrogen and oxygen atoms in total. The summed E-state index contributed by atoms with van der Waals surface area (Å²) in [6.07, 6.45) is 3.86. The van der Waals surface area contributed by atoms with Gasteiger partial charge >= 0.3 is 0 Å². The number of anilines is 1. The van der Waals surface area contributed by atoms with Gasteiger partial charge in [-0.15, -0.1) is 0 Å². The number of benzene rings is 2. The van der Waals surface area contributed by atoms with E-state index >= 15 is 0 Å². The quantitative estimate of drug-likeness (QED) is 0.722. The van der Waals surface area contributed by atoms with Crippen molar-refractivity contribution in [3.63, 3.8) is 0 Å². The minimum atomic E-state index is -3.72. The smallest absolute Gasteiger partial charge is 0.264 e. The van der Waals surface area contributed by atoms with Crippen LogP contribution in [-0.2, 0) is 21.2 Å². The summed E-state index contributed by atoms with van der Waals surface area (Å²) in [5, 5.41) is 0.171. The summed E-state index contributed by atoms with van der Waals surface area (Å²) >= 11 is 6.28. The zero-order valence-electron chi connectivity index (χ0n) is 16.0. The monoisotopic (exact) mass is 434 g/mol. The van der Waals surface area contributed by atoms with Gasteiger partial charge < -0.3 is 9.64 Å². The van der Waals surface area contributed by atoms with Crippen molar-refractivity contribution in [1.82, 2.24) is 4.90 Å². The third kappa shape index (κ3) is 4.07. The molecule has 0 unspecified atom stereocenters. The second-order valence-corrected chi connectivity index (χ2v) is 9.55. The van der Waals surface area contributed by atoms with Gasteiger partial charge in [-0.1, -0.05) is 29.8 Å². The largest absolute Gasteiger partial charge is 0.482 e. The molecule has 2 aromatic carbocycles. The van der Waals surface area contributed by atoms with E-state index < -0.39 is 10.0 Å². The summed E-state index contributed by atoms with van der Waals surface area (Å²) in [6.45, 7) is 1.81. The summed E-state index contributed by atoms with van der Waals surface area (Å²) in [4.78, 5) is 14.2. The van der Waals surface area contributed by atoms with Gasteiger partial charge in [0.25, 0.3) is 15.9 Å². The van der Waals surface area contributed by atoms with E-state index in [4.69, 9.17) is 16.3 Å². The summed E-state index contributed by atoms with van der Waals surface area (Å²) < 4.78 is 33.2. The van der Waals surface area contributed by atoms with Gasteiger partial charge in [-0.2, -0.15) is 0 Å².